The number of nitrogens with one attached hydrogen (secondary N) is 4. The lowest BCUT2D eigenvalue weighted by Gasteiger charge is -2.28. The van der Waals surface area contributed by atoms with Crippen molar-refractivity contribution in [3.8, 4) is 0 Å². The summed E-state index contributed by atoms with van der Waals surface area (Å²) in [6.07, 6.45) is 8.02. The lowest BCUT2D eigenvalue weighted by atomic mass is 10.1. The zero-order valence-electron chi connectivity index (χ0n) is 46.5. The lowest BCUT2D eigenvalue weighted by Crippen LogP contribution is -2.46. The molecule has 426 valence electrons. The first kappa shape index (κ1) is 68.5. The Hall–Kier alpha value is -1.54. The number of carbonyl (C=O) groups is 3. The van der Waals surface area contributed by atoms with Gasteiger partial charge >= 0.3 is 26.4 Å². The van der Waals surface area contributed by atoms with Gasteiger partial charge in [-0.25, -0.2) is 0 Å². The maximum atomic E-state index is 12.1. The van der Waals surface area contributed by atoms with E-state index in [1.165, 1.54) is 6.42 Å². The Morgan fingerprint density at radius 2 is 0.667 bits per heavy atom. The summed E-state index contributed by atoms with van der Waals surface area (Å²) in [6.45, 7) is 29.3. The predicted octanol–water partition coefficient (Wildman–Crippen LogP) is 3.36. The van der Waals surface area contributed by atoms with E-state index < -0.39 is 26.4 Å². The number of nitrogens with zero attached hydrogens (tertiary/aromatic N) is 3. The summed E-state index contributed by atoms with van der Waals surface area (Å²) in [5, 5.41) is 13.3. The smallest absolute Gasteiger partial charge is 0.378 e. The molecule has 0 aromatic heterocycles. The minimum Gasteiger partial charge on any atom is -0.378 e. The molecule has 0 aliphatic carbocycles. The first-order valence-corrected chi connectivity index (χ1v) is 33.1. The van der Waals surface area contributed by atoms with Gasteiger partial charge in [-0.3, -0.25) is 14.4 Å². The minimum absolute atomic E-state index is 0.201. The molecule has 3 rings (SSSR count). The first-order chi connectivity index (χ1) is 35.0. The highest BCUT2D eigenvalue weighted by Crippen LogP contribution is 2.19. The molecular formula is C48H103N7O14Si3. The van der Waals surface area contributed by atoms with E-state index in [9.17, 15) is 14.4 Å². The Morgan fingerprint density at radius 1 is 0.389 bits per heavy atom. The highest BCUT2D eigenvalue weighted by atomic mass is 28.4. The second-order valence-electron chi connectivity index (χ2n) is 17.2. The number of piperidine rings is 1. The van der Waals surface area contributed by atoms with Crippen molar-refractivity contribution in [2.24, 2.45) is 0 Å². The lowest BCUT2D eigenvalue weighted by molar-refractivity contribution is -0.135. The van der Waals surface area contributed by atoms with Crippen molar-refractivity contribution in [2.75, 3.05) is 179 Å². The van der Waals surface area contributed by atoms with Crippen molar-refractivity contribution in [1.29, 1.82) is 0 Å². The maximum Gasteiger partial charge on any atom is 0.500 e. The zero-order valence-corrected chi connectivity index (χ0v) is 49.5. The number of hydrogen-bond acceptors (Lipinski definition) is 18. The summed E-state index contributed by atoms with van der Waals surface area (Å²) in [7, 11) is -2.59. The Kier molecular flexibility index (Phi) is 42.4. The number of carbonyl (C=O) groups excluding carboxylic acids is 3. The van der Waals surface area contributed by atoms with Crippen LogP contribution in [-0.2, 0) is 63.7 Å². The molecule has 3 heterocycles. The third-order valence-electron chi connectivity index (χ3n) is 12.1. The van der Waals surface area contributed by atoms with Crippen molar-refractivity contribution >= 4 is 44.1 Å². The Labute approximate surface area is 438 Å². The summed E-state index contributed by atoms with van der Waals surface area (Å²) >= 11 is 0. The normalized spacial score (nSPS) is 15.7. The van der Waals surface area contributed by atoms with Crippen LogP contribution in [-0.4, -0.2) is 238 Å². The van der Waals surface area contributed by atoms with Crippen LogP contribution >= 0.6 is 0 Å². The van der Waals surface area contributed by atoms with Crippen LogP contribution in [0.4, 0.5) is 0 Å². The zero-order chi connectivity index (χ0) is 53.0. The predicted molar refractivity (Wildman–Crippen MR) is 287 cm³/mol. The Balaban J connectivity index is 0.000000540. The average molecular weight is 1090 g/mol. The quantitative estimate of drug-likeness (QED) is 0.0514. The third-order valence-corrected chi connectivity index (χ3v) is 21.2. The molecule has 3 amide bonds. The molecule has 0 aromatic carbocycles. The molecule has 72 heavy (non-hydrogen) atoms. The minimum atomic E-state index is -2.53. The molecule has 0 atom stereocenters. The van der Waals surface area contributed by atoms with Gasteiger partial charge < -0.3 is 85.3 Å². The van der Waals surface area contributed by atoms with Crippen LogP contribution in [0.3, 0.4) is 0 Å². The van der Waals surface area contributed by atoms with Crippen LogP contribution in [0, 0.1) is 0 Å². The molecule has 0 spiro atoms. The summed E-state index contributed by atoms with van der Waals surface area (Å²) in [6, 6.07) is 2.41. The van der Waals surface area contributed by atoms with Crippen LogP contribution in [0.15, 0.2) is 0 Å². The number of amides is 3. The molecule has 3 aliphatic rings. The molecule has 21 nitrogen and oxygen atoms in total. The fraction of sp³-hybridized carbons (Fsp3) is 0.938. The van der Waals surface area contributed by atoms with E-state index in [-0.39, 0.29) is 17.7 Å². The summed E-state index contributed by atoms with van der Waals surface area (Å²) in [4.78, 5) is 41.8. The van der Waals surface area contributed by atoms with E-state index in [0.717, 1.165) is 116 Å². The number of rotatable bonds is 39. The molecule has 3 saturated heterocycles. The van der Waals surface area contributed by atoms with Gasteiger partial charge in [0.15, 0.2) is 0 Å². The SMILES string of the molecule is CCO[Si](CCCNCCC(=O)N1CCCCC1)(OCC)OCC.CCO[Si](CCCNCCC(=O)N1CCOCC1)(OCC)OCC.CO[Si](CCCNCCNCCC(=O)N1CCOCC1)(OC)OC. The summed E-state index contributed by atoms with van der Waals surface area (Å²) in [5.74, 6) is 0.690. The van der Waals surface area contributed by atoms with Gasteiger partial charge in [0.2, 0.25) is 17.7 Å². The van der Waals surface area contributed by atoms with Crippen molar-refractivity contribution < 1.29 is 63.7 Å². The van der Waals surface area contributed by atoms with Crippen LogP contribution in [0.1, 0.15) is 99.3 Å². The first-order valence-electron chi connectivity index (χ1n) is 27.3. The second-order valence-corrected chi connectivity index (χ2v) is 25.8. The second kappa shape index (κ2) is 44.6. The van der Waals surface area contributed by atoms with Gasteiger partial charge in [-0.2, -0.15) is 0 Å². The number of likely N-dealkylation sites (tertiary alicyclic amines) is 1. The largest absolute Gasteiger partial charge is 0.500 e. The van der Waals surface area contributed by atoms with Gasteiger partial charge in [0.25, 0.3) is 0 Å². The standard InChI is InChI=1S/C17H36N2O4Si.C16H34N2O5Si.C15H33N3O5Si/c1-4-21-24(22-5-2,23-6-3)16-10-12-18-13-11-17(20)19-14-8-7-9-15-19;1-4-21-24(22-5-2,23-6-3)15-7-9-17-10-8-16(19)18-11-13-20-14-12-18;1-20-24(21-2,22-3)14-4-6-16-8-9-17-7-5-15(19)18-10-12-23-13-11-18/h18H,4-16H2,1-3H3;17H,4-15H2,1-3H3;16-17H,4-14H2,1-3H3. The average Bonchev–Trinajstić information content (AvgIpc) is 3.40. The van der Waals surface area contributed by atoms with Gasteiger partial charge in [-0.15, -0.1) is 0 Å². The van der Waals surface area contributed by atoms with Crippen molar-refractivity contribution in [1.82, 2.24) is 36.0 Å². The molecule has 24 heteroatoms. The molecule has 0 unspecified atom stereocenters. The molecule has 4 N–H and O–H groups in total. The fourth-order valence-corrected chi connectivity index (χ4v) is 15.3. The summed E-state index contributed by atoms with van der Waals surface area (Å²) < 4.78 is 61.6. The van der Waals surface area contributed by atoms with E-state index in [1.807, 2.05) is 56.2 Å². The molecule has 0 bridgehead atoms. The van der Waals surface area contributed by atoms with Crippen molar-refractivity contribution in [2.45, 2.75) is 117 Å². The van der Waals surface area contributed by atoms with Crippen LogP contribution in [0.5, 0.6) is 0 Å². The van der Waals surface area contributed by atoms with Crippen molar-refractivity contribution in [3.63, 3.8) is 0 Å². The van der Waals surface area contributed by atoms with Gasteiger partial charge in [0.1, 0.15) is 0 Å². The van der Waals surface area contributed by atoms with E-state index in [4.69, 9.17) is 49.3 Å². The van der Waals surface area contributed by atoms with E-state index in [2.05, 4.69) is 21.3 Å². The highest BCUT2D eigenvalue weighted by molar-refractivity contribution is 6.61. The Bertz CT molecular complexity index is 1220. The van der Waals surface area contributed by atoms with Crippen LogP contribution < -0.4 is 21.3 Å². The van der Waals surface area contributed by atoms with Gasteiger partial charge in [0.05, 0.1) is 26.4 Å². The number of hydrogen-bond donors (Lipinski definition) is 4. The monoisotopic (exact) mass is 1090 g/mol. The van der Waals surface area contributed by atoms with E-state index in [1.54, 1.807) is 21.3 Å². The van der Waals surface area contributed by atoms with Crippen molar-refractivity contribution in [3.05, 3.63) is 0 Å². The highest BCUT2D eigenvalue weighted by Gasteiger charge is 2.41. The molecule has 0 saturated carbocycles. The van der Waals surface area contributed by atoms with Gasteiger partial charge in [-0.1, -0.05) is 0 Å². The van der Waals surface area contributed by atoms with E-state index in [0.29, 0.717) is 112 Å². The van der Waals surface area contributed by atoms with E-state index >= 15 is 0 Å². The number of ether oxygens (including phenoxy) is 2. The molecule has 3 aliphatic heterocycles. The van der Waals surface area contributed by atoms with Crippen LogP contribution in [0.2, 0.25) is 18.1 Å². The third kappa shape index (κ3) is 30.9. The summed E-state index contributed by atoms with van der Waals surface area (Å²) in [5.41, 5.74) is 0. The maximum absolute atomic E-state index is 12.1. The topological polar surface area (TPSA) is 211 Å². The van der Waals surface area contributed by atoms with Gasteiger partial charge in [-0.05, 0) is 99.7 Å². The molecule has 3 fully saturated rings. The number of morpholine rings is 2. The Morgan fingerprint density at radius 3 is 0.972 bits per heavy atom. The molecule has 0 radical (unpaired) electrons. The molecular weight excluding hydrogens is 983 g/mol. The molecule has 0 aromatic rings. The fourth-order valence-electron chi connectivity index (χ4n) is 8.35. The van der Waals surface area contributed by atoms with Crippen LogP contribution in [0.25, 0.3) is 0 Å². The van der Waals surface area contributed by atoms with Gasteiger partial charge in [0, 0.05) is 170 Å².